The van der Waals surface area contributed by atoms with Crippen molar-refractivity contribution in [3.8, 4) is 5.69 Å². The zero-order valence-corrected chi connectivity index (χ0v) is 16.0. The van der Waals surface area contributed by atoms with Gasteiger partial charge in [-0.05, 0) is 68.3 Å². The van der Waals surface area contributed by atoms with Gasteiger partial charge in [0.1, 0.15) is 11.4 Å². The molecule has 2 aromatic carbocycles. The fourth-order valence-electron chi connectivity index (χ4n) is 2.71. The standard InChI is InChI=1S/C21H22N4O3/c1-4-28-21(27)18-12-23-25(19(18)22)17-9-6-15(7-10-17)20(26)24-16-8-5-13(2)14(3)11-16/h5-12H,4,22H2,1-3H3,(H,24,26). The number of amides is 1. The molecule has 144 valence electrons. The molecule has 0 saturated heterocycles. The SMILES string of the molecule is CCOC(=O)c1cnn(-c2ccc(C(=O)Nc3ccc(C)c(C)c3)cc2)c1N. The number of hydrogen-bond acceptors (Lipinski definition) is 5. The van der Waals surface area contributed by atoms with Crippen LogP contribution in [0.15, 0.2) is 48.7 Å². The molecule has 28 heavy (non-hydrogen) atoms. The van der Waals surface area contributed by atoms with Crippen molar-refractivity contribution in [2.45, 2.75) is 20.8 Å². The number of hydrogen-bond donors (Lipinski definition) is 2. The molecule has 1 heterocycles. The first-order valence-corrected chi connectivity index (χ1v) is 8.90. The summed E-state index contributed by atoms with van der Waals surface area (Å²) in [5, 5.41) is 7.02. The number of carbonyl (C=O) groups is 2. The molecule has 0 spiro atoms. The van der Waals surface area contributed by atoms with Gasteiger partial charge in [0.25, 0.3) is 5.91 Å². The van der Waals surface area contributed by atoms with Crippen LogP contribution >= 0.6 is 0 Å². The van der Waals surface area contributed by atoms with Crippen molar-refractivity contribution in [3.05, 3.63) is 70.9 Å². The Bertz CT molecular complexity index is 1020. The van der Waals surface area contributed by atoms with E-state index in [1.54, 1.807) is 31.2 Å². The quantitative estimate of drug-likeness (QED) is 0.662. The Labute approximate surface area is 163 Å². The van der Waals surface area contributed by atoms with Crippen LogP contribution in [0.25, 0.3) is 5.69 Å². The number of anilines is 2. The maximum absolute atomic E-state index is 12.5. The molecule has 0 atom stereocenters. The van der Waals surface area contributed by atoms with Gasteiger partial charge in [0, 0.05) is 11.3 Å². The molecule has 3 aromatic rings. The highest BCUT2D eigenvalue weighted by molar-refractivity contribution is 6.04. The maximum Gasteiger partial charge on any atom is 0.343 e. The molecule has 0 aliphatic carbocycles. The number of nitrogens with zero attached hydrogens (tertiary/aromatic N) is 2. The lowest BCUT2D eigenvalue weighted by atomic mass is 10.1. The number of nitrogen functional groups attached to an aromatic ring is 1. The monoisotopic (exact) mass is 378 g/mol. The van der Waals surface area contributed by atoms with Gasteiger partial charge in [-0.25, -0.2) is 9.48 Å². The lowest BCUT2D eigenvalue weighted by Gasteiger charge is -2.09. The normalized spacial score (nSPS) is 10.5. The predicted molar refractivity (Wildman–Crippen MR) is 108 cm³/mol. The van der Waals surface area contributed by atoms with Gasteiger partial charge in [0.05, 0.1) is 18.5 Å². The van der Waals surface area contributed by atoms with Crippen LogP contribution in [-0.2, 0) is 4.74 Å². The van der Waals surface area contributed by atoms with E-state index in [0.717, 1.165) is 11.3 Å². The zero-order chi connectivity index (χ0) is 20.3. The molecule has 0 unspecified atom stereocenters. The Morgan fingerprint density at radius 2 is 1.82 bits per heavy atom. The van der Waals surface area contributed by atoms with Gasteiger partial charge in [-0.15, -0.1) is 0 Å². The summed E-state index contributed by atoms with van der Waals surface area (Å²) in [4.78, 5) is 24.3. The van der Waals surface area contributed by atoms with Gasteiger partial charge < -0.3 is 15.8 Å². The molecule has 7 heteroatoms. The molecule has 0 saturated carbocycles. The second kappa shape index (κ2) is 7.96. The molecule has 3 rings (SSSR count). The number of carbonyl (C=O) groups excluding carboxylic acids is 2. The average molecular weight is 378 g/mol. The largest absolute Gasteiger partial charge is 0.462 e. The predicted octanol–water partition coefficient (Wildman–Crippen LogP) is 3.50. The second-order valence-electron chi connectivity index (χ2n) is 6.38. The summed E-state index contributed by atoms with van der Waals surface area (Å²) in [5.74, 6) is -0.545. The Hall–Kier alpha value is -3.61. The summed E-state index contributed by atoms with van der Waals surface area (Å²) < 4.78 is 6.38. The van der Waals surface area contributed by atoms with Gasteiger partial charge in [-0.3, -0.25) is 4.79 Å². The van der Waals surface area contributed by atoms with E-state index in [-0.39, 0.29) is 23.9 Å². The average Bonchev–Trinajstić information content (AvgIpc) is 3.06. The molecule has 0 radical (unpaired) electrons. The Morgan fingerprint density at radius 1 is 1.11 bits per heavy atom. The summed E-state index contributed by atoms with van der Waals surface area (Å²) in [6.07, 6.45) is 1.37. The number of nitrogens with one attached hydrogen (secondary N) is 1. The van der Waals surface area contributed by atoms with Gasteiger partial charge in [-0.1, -0.05) is 6.07 Å². The van der Waals surface area contributed by atoms with Crippen LogP contribution in [0.4, 0.5) is 11.5 Å². The summed E-state index contributed by atoms with van der Waals surface area (Å²) in [5.41, 5.74) is 10.4. The molecule has 7 nitrogen and oxygen atoms in total. The van der Waals surface area contributed by atoms with Gasteiger partial charge in [0.2, 0.25) is 0 Å². The van der Waals surface area contributed by atoms with Crippen LogP contribution in [0.5, 0.6) is 0 Å². The van der Waals surface area contributed by atoms with Gasteiger partial charge in [-0.2, -0.15) is 5.10 Å². The van der Waals surface area contributed by atoms with Crippen molar-refractivity contribution < 1.29 is 14.3 Å². The van der Waals surface area contributed by atoms with Crippen molar-refractivity contribution in [2.75, 3.05) is 17.7 Å². The van der Waals surface area contributed by atoms with Crippen LogP contribution in [0, 0.1) is 13.8 Å². The van der Waals surface area contributed by atoms with Crippen LogP contribution in [0.2, 0.25) is 0 Å². The van der Waals surface area contributed by atoms with Crippen molar-refractivity contribution in [2.24, 2.45) is 0 Å². The molecule has 0 fully saturated rings. The summed E-state index contributed by atoms with van der Waals surface area (Å²) in [7, 11) is 0. The molecule has 0 aliphatic heterocycles. The highest BCUT2D eigenvalue weighted by atomic mass is 16.5. The second-order valence-corrected chi connectivity index (χ2v) is 6.38. The molecule has 3 N–H and O–H groups in total. The van der Waals surface area contributed by atoms with Gasteiger partial charge >= 0.3 is 5.97 Å². The van der Waals surface area contributed by atoms with Crippen molar-refractivity contribution in [1.82, 2.24) is 9.78 Å². The number of ether oxygens (including phenoxy) is 1. The zero-order valence-electron chi connectivity index (χ0n) is 16.0. The third-order valence-electron chi connectivity index (χ3n) is 4.44. The highest BCUT2D eigenvalue weighted by Gasteiger charge is 2.17. The van der Waals surface area contributed by atoms with Crippen molar-refractivity contribution >= 4 is 23.4 Å². The van der Waals surface area contributed by atoms with Crippen molar-refractivity contribution in [1.29, 1.82) is 0 Å². The number of benzene rings is 2. The van der Waals surface area contributed by atoms with E-state index in [2.05, 4.69) is 10.4 Å². The molecular formula is C21H22N4O3. The van der Waals surface area contributed by atoms with Crippen molar-refractivity contribution in [3.63, 3.8) is 0 Å². The highest BCUT2D eigenvalue weighted by Crippen LogP contribution is 2.19. The number of rotatable bonds is 5. The van der Waals surface area contributed by atoms with E-state index in [4.69, 9.17) is 10.5 Å². The van der Waals surface area contributed by atoms with E-state index in [9.17, 15) is 9.59 Å². The lowest BCUT2D eigenvalue weighted by Crippen LogP contribution is -2.12. The first-order chi connectivity index (χ1) is 13.4. The minimum absolute atomic E-state index is 0.186. The molecule has 1 aromatic heterocycles. The minimum atomic E-state index is -0.518. The Morgan fingerprint density at radius 3 is 2.46 bits per heavy atom. The van der Waals surface area contributed by atoms with E-state index in [0.29, 0.717) is 11.3 Å². The molecule has 0 aliphatic rings. The van der Waals surface area contributed by atoms with E-state index in [1.807, 2.05) is 32.0 Å². The lowest BCUT2D eigenvalue weighted by molar-refractivity contribution is 0.0527. The summed E-state index contributed by atoms with van der Waals surface area (Å²) >= 11 is 0. The fourth-order valence-corrected chi connectivity index (χ4v) is 2.71. The number of aromatic nitrogens is 2. The van der Waals surface area contributed by atoms with Gasteiger partial charge in [0.15, 0.2) is 0 Å². The Balaban J connectivity index is 1.77. The first kappa shape index (κ1) is 19.2. The third-order valence-corrected chi connectivity index (χ3v) is 4.44. The van der Waals surface area contributed by atoms with E-state index in [1.165, 1.54) is 16.4 Å². The smallest absolute Gasteiger partial charge is 0.343 e. The molecule has 1 amide bonds. The third kappa shape index (κ3) is 3.88. The van der Waals surface area contributed by atoms with E-state index < -0.39 is 5.97 Å². The number of esters is 1. The van der Waals surface area contributed by atoms with Crippen LogP contribution in [0.3, 0.4) is 0 Å². The van der Waals surface area contributed by atoms with Crippen LogP contribution in [-0.4, -0.2) is 28.3 Å². The molecular weight excluding hydrogens is 356 g/mol. The summed E-state index contributed by atoms with van der Waals surface area (Å²) in [6, 6.07) is 12.6. The van der Waals surface area contributed by atoms with Crippen LogP contribution in [0.1, 0.15) is 38.8 Å². The van der Waals surface area contributed by atoms with E-state index >= 15 is 0 Å². The Kier molecular flexibility index (Phi) is 5.44. The number of nitrogens with two attached hydrogens (primary N) is 1. The summed E-state index contributed by atoms with van der Waals surface area (Å²) in [6.45, 7) is 6.00. The van der Waals surface area contributed by atoms with Crippen LogP contribution < -0.4 is 11.1 Å². The first-order valence-electron chi connectivity index (χ1n) is 8.90. The number of aryl methyl sites for hydroxylation is 2. The maximum atomic E-state index is 12.5. The fraction of sp³-hybridized carbons (Fsp3) is 0.190. The minimum Gasteiger partial charge on any atom is -0.462 e. The topological polar surface area (TPSA) is 99.2 Å². The molecule has 0 bridgehead atoms.